The fraction of sp³-hybridized carbons (Fsp3) is 0.652. The van der Waals surface area contributed by atoms with Crippen LogP contribution in [-0.2, 0) is 4.74 Å². The molecule has 0 aliphatic heterocycles. The second kappa shape index (κ2) is 11.2. The highest BCUT2D eigenvalue weighted by Crippen LogP contribution is 2.24. The van der Waals surface area contributed by atoms with Gasteiger partial charge in [-0.05, 0) is 83.1 Å². The maximum atomic E-state index is 12.5. The number of rotatable bonds is 8. The van der Waals surface area contributed by atoms with Crippen LogP contribution in [0.4, 0.5) is 4.79 Å². The van der Waals surface area contributed by atoms with Gasteiger partial charge in [0.15, 0.2) is 0 Å². The monoisotopic (exact) mass is 419 g/mol. The molecule has 0 unspecified atom stereocenters. The topological polar surface area (TPSA) is 88.7 Å². The molecule has 1 aliphatic rings. The van der Waals surface area contributed by atoms with Crippen LogP contribution in [0.1, 0.15) is 62.4 Å². The van der Waals surface area contributed by atoms with E-state index in [0.717, 1.165) is 37.8 Å². The summed E-state index contributed by atoms with van der Waals surface area (Å²) in [6.45, 7) is 9.47. The SMILES string of the molecule is COc1cc(C)cc(C(=O)NCC2CCC(NCCNC(=O)OC(C)(C)C)CC2)c1. The maximum Gasteiger partial charge on any atom is 0.407 e. The molecule has 1 aromatic carbocycles. The van der Waals surface area contributed by atoms with Gasteiger partial charge >= 0.3 is 6.09 Å². The second-order valence-corrected chi connectivity index (χ2v) is 9.05. The number of benzene rings is 1. The third-order valence-electron chi connectivity index (χ3n) is 5.17. The van der Waals surface area contributed by atoms with E-state index in [1.165, 1.54) is 0 Å². The number of hydrogen-bond donors (Lipinski definition) is 3. The molecule has 1 fully saturated rings. The Hall–Kier alpha value is -2.28. The zero-order valence-corrected chi connectivity index (χ0v) is 19.0. The lowest BCUT2D eigenvalue weighted by atomic mass is 9.86. The molecule has 2 rings (SSSR count). The van der Waals surface area contributed by atoms with Gasteiger partial charge in [-0.25, -0.2) is 4.79 Å². The lowest BCUT2D eigenvalue weighted by molar-refractivity contribution is 0.0527. The lowest BCUT2D eigenvalue weighted by Gasteiger charge is -2.29. The first kappa shape index (κ1) is 24.0. The van der Waals surface area contributed by atoms with Crippen LogP contribution in [0.5, 0.6) is 5.75 Å². The number of hydrogen-bond acceptors (Lipinski definition) is 5. The van der Waals surface area contributed by atoms with E-state index in [0.29, 0.717) is 36.4 Å². The quantitative estimate of drug-likeness (QED) is 0.562. The van der Waals surface area contributed by atoms with Crippen LogP contribution in [-0.4, -0.2) is 50.4 Å². The first-order valence-electron chi connectivity index (χ1n) is 10.8. The smallest absolute Gasteiger partial charge is 0.407 e. The number of carbonyl (C=O) groups excluding carboxylic acids is 2. The van der Waals surface area contributed by atoms with Gasteiger partial charge in [0.25, 0.3) is 5.91 Å². The van der Waals surface area contributed by atoms with Crippen LogP contribution >= 0.6 is 0 Å². The first-order valence-corrected chi connectivity index (χ1v) is 10.8. The molecule has 1 aliphatic carbocycles. The Morgan fingerprint density at radius 3 is 2.37 bits per heavy atom. The number of aryl methyl sites for hydroxylation is 1. The normalized spacial score (nSPS) is 19.1. The Balaban J connectivity index is 1.62. The van der Waals surface area contributed by atoms with E-state index in [4.69, 9.17) is 9.47 Å². The molecule has 2 amide bonds. The number of nitrogens with one attached hydrogen (secondary N) is 3. The highest BCUT2D eigenvalue weighted by molar-refractivity contribution is 5.94. The molecule has 7 nitrogen and oxygen atoms in total. The average molecular weight is 420 g/mol. The van der Waals surface area contributed by atoms with Gasteiger partial charge in [-0.1, -0.05) is 0 Å². The van der Waals surface area contributed by atoms with Crippen LogP contribution in [0.25, 0.3) is 0 Å². The van der Waals surface area contributed by atoms with E-state index in [-0.39, 0.29) is 12.0 Å². The molecule has 1 aromatic rings. The molecule has 0 bridgehead atoms. The number of amides is 2. The molecule has 3 N–H and O–H groups in total. The Morgan fingerprint density at radius 2 is 1.73 bits per heavy atom. The summed E-state index contributed by atoms with van der Waals surface area (Å²) >= 11 is 0. The first-order chi connectivity index (χ1) is 14.2. The fourth-order valence-corrected chi connectivity index (χ4v) is 3.66. The minimum atomic E-state index is -0.475. The molecular weight excluding hydrogens is 382 g/mol. The minimum absolute atomic E-state index is 0.0505. The minimum Gasteiger partial charge on any atom is -0.497 e. The van der Waals surface area contributed by atoms with Gasteiger partial charge in [-0.2, -0.15) is 0 Å². The summed E-state index contributed by atoms with van der Waals surface area (Å²) in [6.07, 6.45) is 3.93. The Morgan fingerprint density at radius 1 is 1.03 bits per heavy atom. The Bertz CT molecular complexity index is 707. The zero-order chi connectivity index (χ0) is 22.1. The molecule has 0 atom stereocenters. The Labute approximate surface area is 180 Å². The molecule has 0 saturated heterocycles. The van der Waals surface area contributed by atoms with Crippen molar-refractivity contribution in [3.63, 3.8) is 0 Å². The van der Waals surface area contributed by atoms with Gasteiger partial charge in [0.2, 0.25) is 0 Å². The Kier molecular flexibility index (Phi) is 8.96. The van der Waals surface area contributed by atoms with E-state index < -0.39 is 5.60 Å². The summed E-state index contributed by atoms with van der Waals surface area (Å²) in [6, 6.07) is 6.02. The number of methoxy groups -OCH3 is 1. The van der Waals surface area contributed by atoms with Crippen molar-refractivity contribution in [2.45, 2.75) is 65.0 Å². The highest BCUT2D eigenvalue weighted by atomic mass is 16.6. The highest BCUT2D eigenvalue weighted by Gasteiger charge is 2.22. The van der Waals surface area contributed by atoms with Gasteiger partial charge in [0.05, 0.1) is 7.11 Å². The molecule has 0 aromatic heterocycles. The predicted octanol–water partition coefficient (Wildman–Crippen LogP) is 3.41. The summed E-state index contributed by atoms with van der Waals surface area (Å²) in [4.78, 5) is 24.1. The summed E-state index contributed by atoms with van der Waals surface area (Å²) in [5.74, 6) is 1.15. The third-order valence-corrected chi connectivity index (χ3v) is 5.17. The molecule has 7 heteroatoms. The summed E-state index contributed by atoms with van der Waals surface area (Å²) in [7, 11) is 1.61. The van der Waals surface area contributed by atoms with E-state index in [1.54, 1.807) is 13.2 Å². The molecule has 0 heterocycles. The third kappa shape index (κ3) is 8.61. The van der Waals surface area contributed by atoms with Gasteiger partial charge in [-0.15, -0.1) is 0 Å². The summed E-state index contributed by atoms with van der Waals surface area (Å²) in [5, 5.41) is 9.34. The largest absolute Gasteiger partial charge is 0.497 e. The van der Waals surface area contributed by atoms with Crippen molar-refractivity contribution in [3.8, 4) is 5.75 Å². The molecule has 0 radical (unpaired) electrons. The number of alkyl carbamates (subject to hydrolysis) is 1. The van der Waals surface area contributed by atoms with Crippen LogP contribution in [0.15, 0.2) is 18.2 Å². The maximum absolute atomic E-state index is 12.5. The predicted molar refractivity (Wildman–Crippen MR) is 118 cm³/mol. The molecule has 168 valence electrons. The van der Waals surface area contributed by atoms with E-state index in [9.17, 15) is 9.59 Å². The fourth-order valence-electron chi connectivity index (χ4n) is 3.66. The van der Waals surface area contributed by atoms with Gasteiger partial charge in [0, 0.05) is 31.2 Å². The van der Waals surface area contributed by atoms with Crippen LogP contribution in [0.2, 0.25) is 0 Å². The van der Waals surface area contributed by atoms with Gasteiger partial charge < -0.3 is 25.4 Å². The van der Waals surface area contributed by atoms with E-state index in [2.05, 4.69) is 16.0 Å². The number of carbonyl (C=O) groups is 2. The van der Waals surface area contributed by atoms with Crippen LogP contribution < -0.4 is 20.7 Å². The second-order valence-electron chi connectivity index (χ2n) is 9.05. The van der Waals surface area contributed by atoms with Gasteiger partial charge in [-0.3, -0.25) is 4.79 Å². The van der Waals surface area contributed by atoms with Crippen LogP contribution in [0.3, 0.4) is 0 Å². The standard InChI is InChI=1S/C23H37N3O4/c1-16-12-18(14-20(13-16)29-5)21(27)26-15-17-6-8-19(9-7-17)24-10-11-25-22(28)30-23(2,3)4/h12-14,17,19,24H,6-11,15H2,1-5H3,(H,25,28)(H,26,27). The summed E-state index contributed by atoms with van der Waals surface area (Å²) in [5.41, 5.74) is 1.17. The van der Waals surface area contributed by atoms with Crippen molar-refractivity contribution in [3.05, 3.63) is 29.3 Å². The van der Waals surface area contributed by atoms with E-state index >= 15 is 0 Å². The molecule has 30 heavy (non-hydrogen) atoms. The van der Waals surface area contributed by atoms with Crippen molar-refractivity contribution >= 4 is 12.0 Å². The van der Waals surface area contributed by atoms with Gasteiger partial charge in [0.1, 0.15) is 11.4 Å². The molecular formula is C23H37N3O4. The van der Waals surface area contributed by atoms with Crippen molar-refractivity contribution < 1.29 is 19.1 Å². The zero-order valence-electron chi connectivity index (χ0n) is 19.0. The van der Waals surface area contributed by atoms with Crippen molar-refractivity contribution in [2.24, 2.45) is 5.92 Å². The van der Waals surface area contributed by atoms with Crippen molar-refractivity contribution in [1.82, 2.24) is 16.0 Å². The van der Waals surface area contributed by atoms with Crippen LogP contribution in [0, 0.1) is 12.8 Å². The van der Waals surface area contributed by atoms with E-state index in [1.807, 2.05) is 39.8 Å². The van der Waals surface area contributed by atoms with Crippen molar-refractivity contribution in [1.29, 1.82) is 0 Å². The van der Waals surface area contributed by atoms with Crippen molar-refractivity contribution in [2.75, 3.05) is 26.7 Å². The molecule has 1 saturated carbocycles. The lowest BCUT2D eigenvalue weighted by Crippen LogP contribution is -2.41. The summed E-state index contributed by atoms with van der Waals surface area (Å²) < 4.78 is 10.5. The number of ether oxygens (including phenoxy) is 2. The molecule has 0 spiro atoms. The average Bonchev–Trinajstić information content (AvgIpc) is 2.68.